The van der Waals surface area contributed by atoms with Crippen LogP contribution in [0.2, 0.25) is 0 Å². The predicted molar refractivity (Wildman–Crippen MR) is 59.4 cm³/mol. The van der Waals surface area contributed by atoms with Gasteiger partial charge in [0.1, 0.15) is 0 Å². The number of nitriles is 2. The minimum Gasteiger partial charge on any atom is -0.193 e. The SMILES string of the molecule is N#CC1=C(C#N)C2CCC1c1ccccc12. The van der Waals surface area contributed by atoms with Gasteiger partial charge in [-0.1, -0.05) is 24.3 Å². The lowest BCUT2D eigenvalue weighted by Gasteiger charge is -2.37. The number of hydrogen-bond donors (Lipinski definition) is 0. The summed E-state index contributed by atoms with van der Waals surface area (Å²) in [5, 5.41) is 18.4. The number of hydrogen-bond acceptors (Lipinski definition) is 2. The van der Waals surface area contributed by atoms with Crippen molar-refractivity contribution in [1.82, 2.24) is 0 Å². The second-order valence-corrected chi connectivity index (χ2v) is 4.36. The fourth-order valence-corrected chi connectivity index (χ4v) is 3.04. The molecule has 0 heterocycles. The van der Waals surface area contributed by atoms with Gasteiger partial charge in [0.2, 0.25) is 0 Å². The molecule has 2 unspecified atom stereocenters. The first-order valence-corrected chi connectivity index (χ1v) is 5.50. The van der Waals surface area contributed by atoms with Crippen LogP contribution in [0.3, 0.4) is 0 Å². The Morgan fingerprint density at radius 3 is 1.69 bits per heavy atom. The van der Waals surface area contributed by atoms with Crippen LogP contribution in [0.25, 0.3) is 0 Å². The van der Waals surface area contributed by atoms with Gasteiger partial charge in [-0.25, -0.2) is 0 Å². The van der Waals surface area contributed by atoms with Gasteiger partial charge < -0.3 is 0 Å². The van der Waals surface area contributed by atoms with E-state index >= 15 is 0 Å². The van der Waals surface area contributed by atoms with E-state index in [1.54, 1.807) is 0 Å². The zero-order valence-corrected chi connectivity index (χ0v) is 8.77. The summed E-state index contributed by atoms with van der Waals surface area (Å²) in [6.45, 7) is 0. The maximum absolute atomic E-state index is 9.18. The van der Waals surface area contributed by atoms with E-state index in [0.29, 0.717) is 11.1 Å². The molecule has 2 bridgehead atoms. The molecule has 2 heteroatoms. The quantitative estimate of drug-likeness (QED) is 0.655. The Hall–Kier alpha value is -2.06. The van der Waals surface area contributed by atoms with Gasteiger partial charge in [0.05, 0.1) is 23.3 Å². The maximum atomic E-state index is 9.18. The average Bonchev–Trinajstić information content (AvgIpc) is 2.38. The third-order valence-corrected chi connectivity index (χ3v) is 3.72. The topological polar surface area (TPSA) is 47.6 Å². The molecule has 3 aliphatic rings. The van der Waals surface area contributed by atoms with Crippen LogP contribution in [-0.2, 0) is 0 Å². The first-order chi connectivity index (χ1) is 7.86. The van der Waals surface area contributed by atoms with Crippen LogP contribution >= 0.6 is 0 Å². The number of benzene rings is 1. The van der Waals surface area contributed by atoms with Crippen LogP contribution < -0.4 is 0 Å². The van der Waals surface area contributed by atoms with Gasteiger partial charge >= 0.3 is 0 Å². The summed E-state index contributed by atoms with van der Waals surface area (Å²) in [5.74, 6) is 0.335. The minimum atomic E-state index is 0.167. The van der Waals surface area contributed by atoms with Crippen LogP contribution in [0.15, 0.2) is 35.4 Å². The summed E-state index contributed by atoms with van der Waals surface area (Å²) < 4.78 is 0. The van der Waals surface area contributed by atoms with E-state index in [4.69, 9.17) is 0 Å². The normalized spacial score (nSPS) is 25.9. The van der Waals surface area contributed by atoms with E-state index < -0.39 is 0 Å². The Bertz CT molecular complexity index is 518. The first-order valence-electron chi connectivity index (χ1n) is 5.50. The Kier molecular flexibility index (Phi) is 1.85. The third kappa shape index (κ3) is 0.993. The molecule has 0 saturated heterocycles. The average molecular weight is 206 g/mol. The monoisotopic (exact) mass is 206 g/mol. The van der Waals surface area contributed by atoms with E-state index in [1.165, 1.54) is 11.1 Å². The van der Waals surface area contributed by atoms with Crippen LogP contribution in [0.5, 0.6) is 0 Å². The smallest absolute Gasteiger partial charge is 0.0964 e. The molecule has 0 spiro atoms. The summed E-state index contributed by atoms with van der Waals surface area (Å²) in [6.07, 6.45) is 2.02. The van der Waals surface area contributed by atoms with E-state index in [9.17, 15) is 10.5 Å². The highest BCUT2D eigenvalue weighted by Gasteiger charge is 2.39. The van der Waals surface area contributed by atoms with Crippen molar-refractivity contribution in [2.24, 2.45) is 0 Å². The molecule has 3 aliphatic carbocycles. The highest BCUT2D eigenvalue weighted by atomic mass is 14.4. The molecule has 76 valence electrons. The molecule has 2 nitrogen and oxygen atoms in total. The Balaban J connectivity index is 2.28. The number of rotatable bonds is 0. The summed E-state index contributed by atoms with van der Waals surface area (Å²) >= 11 is 0. The molecule has 0 fully saturated rings. The molecular weight excluding hydrogens is 196 g/mol. The van der Waals surface area contributed by atoms with Crippen molar-refractivity contribution >= 4 is 0 Å². The van der Waals surface area contributed by atoms with Crippen molar-refractivity contribution in [1.29, 1.82) is 10.5 Å². The van der Waals surface area contributed by atoms with Gasteiger partial charge in [0.25, 0.3) is 0 Å². The lowest BCUT2D eigenvalue weighted by atomic mass is 9.64. The molecule has 4 rings (SSSR count). The largest absolute Gasteiger partial charge is 0.193 e. The molecule has 1 aromatic carbocycles. The molecular formula is C14H10N2. The summed E-state index contributed by atoms with van der Waals surface area (Å²) in [6, 6.07) is 12.7. The van der Waals surface area contributed by atoms with Gasteiger partial charge in [0, 0.05) is 11.8 Å². The maximum Gasteiger partial charge on any atom is 0.0964 e. The van der Waals surface area contributed by atoms with Crippen LogP contribution in [0, 0.1) is 22.7 Å². The predicted octanol–water partition coefficient (Wildman–Crippen LogP) is 3.00. The van der Waals surface area contributed by atoms with E-state index in [1.807, 2.05) is 12.1 Å². The van der Waals surface area contributed by atoms with E-state index in [-0.39, 0.29) is 11.8 Å². The van der Waals surface area contributed by atoms with Crippen molar-refractivity contribution < 1.29 is 0 Å². The van der Waals surface area contributed by atoms with Crippen molar-refractivity contribution in [3.05, 3.63) is 46.5 Å². The molecule has 0 N–H and O–H groups in total. The Labute approximate surface area is 94.4 Å². The van der Waals surface area contributed by atoms with E-state index in [2.05, 4.69) is 24.3 Å². The van der Waals surface area contributed by atoms with Gasteiger partial charge in [-0.15, -0.1) is 0 Å². The van der Waals surface area contributed by atoms with Gasteiger partial charge in [-0.05, 0) is 24.0 Å². The van der Waals surface area contributed by atoms with Gasteiger partial charge in [-0.3, -0.25) is 0 Å². The molecule has 0 aromatic heterocycles. The standard InChI is InChI=1S/C14H10N2/c15-7-13-11-5-6-12(14(13)8-16)10-4-2-1-3-9(10)11/h1-4,11-12H,5-6H2. The Morgan fingerprint density at radius 1 is 0.875 bits per heavy atom. The summed E-state index contributed by atoms with van der Waals surface area (Å²) in [4.78, 5) is 0. The van der Waals surface area contributed by atoms with Crippen molar-refractivity contribution in [3.8, 4) is 12.1 Å². The number of nitrogens with zero attached hydrogens (tertiary/aromatic N) is 2. The molecule has 0 amide bonds. The zero-order valence-electron chi connectivity index (χ0n) is 8.77. The molecule has 0 radical (unpaired) electrons. The highest BCUT2D eigenvalue weighted by molar-refractivity contribution is 5.59. The second kappa shape index (κ2) is 3.22. The van der Waals surface area contributed by atoms with Gasteiger partial charge in [0.15, 0.2) is 0 Å². The summed E-state index contributed by atoms with van der Waals surface area (Å²) in [7, 11) is 0. The minimum absolute atomic E-state index is 0.167. The second-order valence-electron chi connectivity index (χ2n) is 4.36. The third-order valence-electron chi connectivity index (χ3n) is 3.72. The van der Waals surface area contributed by atoms with Crippen LogP contribution in [0.1, 0.15) is 35.8 Å². The van der Waals surface area contributed by atoms with Crippen molar-refractivity contribution in [2.75, 3.05) is 0 Å². The zero-order chi connectivity index (χ0) is 11.1. The molecule has 16 heavy (non-hydrogen) atoms. The fourth-order valence-electron chi connectivity index (χ4n) is 3.04. The fraction of sp³-hybridized carbons (Fsp3) is 0.286. The lowest BCUT2D eigenvalue weighted by molar-refractivity contribution is 0.525. The summed E-state index contributed by atoms with van der Waals surface area (Å²) in [5.41, 5.74) is 3.93. The highest BCUT2D eigenvalue weighted by Crippen LogP contribution is 2.51. The molecule has 2 atom stereocenters. The molecule has 1 aromatic rings. The van der Waals surface area contributed by atoms with E-state index in [0.717, 1.165) is 12.8 Å². The van der Waals surface area contributed by atoms with Crippen molar-refractivity contribution in [2.45, 2.75) is 24.7 Å². The first kappa shape index (κ1) is 9.19. The van der Waals surface area contributed by atoms with Crippen LogP contribution in [0.4, 0.5) is 0 Å². The van der Waals surface area contributed by atoms with Crippen LogP contribution in [-0.4, -0.2) is 0 Å². The lowest BCUT2D eigenvalue weighted by Crippen LogP contribution is -2.24. The van der Waals surface area contributed by atoms with Gasteiger partial charge in [-0.2, -0.15) is 10.5 Å². The molecule has 0 aliphatic heterocycles. The van der Waals surface area contributed by atoms with Crippen molar-refractivity contribution in [3.63, 3.8) is 0 Å². The molecule has 0 saturated carbocycles. The Morgan fingerprint density at radius 2 is 1.31 bits per heavy atom. The number of allylic oxidation sites excluding steroid dienone is 2. The number of fused-ring (bicyclic) bond motifs is 1.